The van der Waals surface area contributed by atoms with Gasteiger partial charge in [0.05, 0.1) is 7.11 Å². The largest absolute Gasteiger partial charge is 0.466 e. The van der Waals surface area contributed by atoms with Crippen molar-refractivity contribution < 1.29 is 9.53 Å². The molecule has 0 N–H and O–H groups in total. The van der Waals surface area contributed by atoms with Gasteiger partial charge in [-0.1, -0.05) is 49.0 Å². The van der Waals surface area contributed by atoms with Crippen molar-refractivity contribution in [2.24, 2.45) is 0 Å². The minimum atomic E-state index is -0.356. The van der Waals surface area contributed by atoms with Crippen LogP contribution in [0, 0.1) is 0 Å². The zero-order valence-corrected chi connectivity index (χ0v) is 14.1. The first kappa shape index (κ1) is 15.4. The zero-order chi connectivity index (χ0) is 17.4. The SMILES string of the molecule is C=C(Cc1ccc2cc3cc4ccccc4cc3cc2c1)C(=O)OC. The normalized spacial score (nSPS) is 11.1. The van der Waals surface area contributed by atoms with E-state index >= 15 is 0 Å². The number of ether oxygens (including phenoxy) is 1. The summed E-state index contributed by atoms with van der Waals surface area (Å²) in [5.74, 6) is -0.356. The molecule has 25 heavy (non-hydrogen) atoms. The summed E-state index contributed by atoms with van der Waals surface area (Å²) in [6, 6.07) is 23.6. The van der Waals surface area contributed by atoms with Gasteiger partial charge in [-0.2, -0.15) is 0 Å². The van der Waals surface area contributed by atoms with Crippen LogP contribution in [0.25, 0.3) is 32.3 Å². The van der Waals surface area contributed by atoms with Crippen molar-refractivity contribution in [3.63, 3.8) is 0 Å². The molecule has 0 saturated heterocycles. The Morgan fingerprint density at radius 3 is 1.92 bits per heavy atom. The summed E-state index contributed by atoms with van der Waals surface area (Å²) in [5, 5.41) is 7.30. The minimum Gasteiger partial charge on any atom is -0.466 e. The Bertz CT molecular complexity index is 1140. The van der Waals surface area contributed by atoms with Crippen LogP contribution >= 0.6 is 0 Å². The van der Waals surface area contributed by atoms with Gasteiger partial charge < -0.3 is 4.74 Å². The smallest absolute Gasteiger partial charge is 0.333 e. The molecule has 0 unspecified atom stereocenters. The number of rotatable bonds is 3. The van der Waals surface area contributed by atoms with Crippen LogP contribution in [0.1, 0.15) is 5.56 Å². The third-order valence-electron chi connectivity index (χ3n) is 4.62. The fraction of sp³-hybridized carbons (Fsp3) is 0.0870. The van der Waals surface area contributed by atoms with Gasteiger partial charge in [-0.15, -0.1) is 0 Å². The van der Waals surface area contributed by atoms with Gasteiger partial charge in [0.25, 0.3) is 0 Å². The summed E-state index contributed by atoms with van der Waals surface area (Å²) < 4.78 is 4.73. The molecule has 0 heterocycles. The Labute approximate surface area is 146 Å². The maximum atomic E-state index is 11.6. The minimum absolute atomic E-state index is 0.356. The molecule has 122 valence electrons. The summed E-state index contributed by atoms with van der Waals surface area (Å²) in [6.07, 6.45) is 0.498. The summed E-state index contributed by atoms with van der Waals surface area (Å²) in [4.78, 5) is 11.6. The average Bonchev–Trinajstić information content (AvgIpc) is 2.63. The van der Waals surface area contributed by atoms with E-state index in [-0.39, 0.29) is 5.97 Å². The number of carbonyl (C=O) groups excluding carboxylic acids is 1. The molecule has 0 bridgehead atoms. The van der Waals surface area contributed by atoms with Gasteiger partial charge in [0.2, 0.25) is 0 Å². The number of benzene rings is 4. The van der Waals surface area contributed by atoms with Crippen LogP contribution in [-0.2, 0) is 16.0 Å². The fourth-order valence-electron chi connectivity index (χ4n) is 3.31. The molecule has 4 aromatic rings. The zero-order valence-electron chi connectivity index (χ0n) is 14.1. The van der Waals surface area contributed by atoms with E-state index in [1.54, 1.807) is 0 Å². The van der Waals surface area contributed by atoms with Gasteiger partial charge in [-0.25, -0.2) is 4.79 Å². The van der Waals surface area contributed by atoms with Gasteiger partial charge >= 0.3 is 5.97 Å². The summed E-state index contributed by atoms with van der Waals surface area (Å²) in [6.45, 7) is 3.81. The van der Waals surface area contributed by atoms with E-state index in [0.717, 1.165) is 10.9 Å². The number of fused-ring (bicyclic) bond motifs is 3. The molecule has 0 atom stereocenters. The standard InChI is InChI=1S/C23H18O2/c1-15(23(24)25-2)9-16-7-8-19-13-21-11-17-5-3-4-6-18(17)12-22(21)14-20(19)10-16/h3-8,10-14H,1,9H2,2H3. The highest BCUT2D eigenvalue weighted by Gasteiger charge is 2.08. The molecule has 4 aromatic carbocycles. The van der Waals surface area contributed by atoms with Crippen molar-refractivity contribution in [3.05, 3.63) is 84.4 Å². The van der Waals surface area contributed by atoms with Crippen LogP contribution in [-0.4, -0.2) is 13.1 Å². The molecule has 0 aliphatic rings. The number of hydrogen-bond acceptors (Lipinski definition) is 2. The average molecular weight is 326 g/mol. The van der Waals surface area contributed by atoms with E-state index < -0.39 is 0 Å². The quantitative estimate of drug-likeness (QED) is 0.285. The first-order chi connectivity index (χ1) is 12.1. The molecule has 0 spiro atoms. The maximum absolute atomic E-state index is 11.6. The molecular weight excluding hydrogens is 308 g/mol. The third kappa shape index (κ3) is 2.87. The van der Waals surface area contributed by atoms with Crippen molar-refractivity contribution in [2.45, 2.75) is 6.42 Å². The van der Waals surface area contributed by atoms with Crippen molar-refractivity contribution in [1.82, 2.24) is 0 Å². The number of carbonyl (C=O) groups is 1. The van der Waals surface area contributed by atoms with Crippen LogP contribution in [0.3, 0.4) is 0 Å². The van der Waals surface area contributed by atoms with Crippen molar-refractivity contribution in [3.8, 4) is 0 Å². The number of esters is 1. The Morgan fingerprint density at radius 2 is 1.32 bits per heavy atom. The molecule has 2 nitrogen and oxygen atoms in total. The summed E-state index contributed by atoms with van der Waals surface area (Å²) in [5.41, 5.74) is 1.52. The lowest BCUT2D eigenvalue weighted by Gasteiger charge is -2.08. The van der Waals surface area contributed by atoms with Crippen LogP contribution in [0.4, 0.5) is 0 Å². The number of methoxy groups -OCH3 is 1. The molecule has 2 heteroatoms. The monoisotopic (exact) mass is 326 g/mol. The molecule has 0 radical (unpaired) electrons. The van der Waals surface area contributed by atoms with Gasteiger partial charge in [0.1, 0.15) is 0 Å². The van der Waals surface area contributed by atoms with E-state index in [1.807, 2.05) is 6.07 Å². The molecule has 0 aliphatic heterocycles. The third-order valence-corrected chi connectivity index (χ3v) is 4.62. The topological polar surface area (TPSA) is 26.3 Å². The van der Waals surface area contributed by atoms with Crippen molar-refractivity contribution in [2.75, 3.05) is 7.11 Å². The van der Waals surface area contributed by atoms with Crippen LogP contribution in [0.5, 0.6) is 0 Å². The predicted octanol–water partition coefficient (Wildman–Crippen LogP) is 5.42. The van der Waals surface area contributed by atoms with E-state index in [1.165, 1.54) is 34.0 Å². The Kier molecular flexibility index (Phi) is 3.73. The fourth-order valence-corrected chi connectivity index (χ4v) is 3.31. The molecule has 0 amide bonds. The summed E-state index contributed by atoms with van der Waals surface area (Å²) >= 11 is 0. The van der Waals surface area contributed by atoms with E-state index in [4.69, 9.17) is 4.74 Å². The second kappa shape index (κ2) is 6.06. The van der Waals surface area contributed by atoms with Crippen LogP contribution in [0.2, 0.25) is 0 Å². The van der Waals surface area contributed by atoms with E-state index in [9.17, 15) is 4.79 Å². The van der Waals surface area contributed by atoms with Crippen molar-refractivity contribution in [1.29, 1.82) is 0 Å². The lowest BCUT2D eigenvalue weighted by molar-refractivity contribution is -0.136. The highest BCUT2D eigenvalue weighted by atomic mass is 16.5. The molecule has 0 fully saturated rings. The van der Waals surface area contributed by atoms with Crippen molar-refractivity contribution >= 4 is 38.3 Å². The van der Waals surface area contributed by atoms with Gasteiger partial charge in [0.15, 0.2) is 0 Å². The lowest BCUT2D eigenvalue weighted by atomic mass is 9.97. The van der Waals surface area contributed by atoms with Crippen LogP contribution < -0.4 is 0 Å². The van der Waals surface area contributed by atoms with Gasteiger partial charge in [-0.05, 0) is 62.1 Å². The molecule has 0 aromatic heterocycles. The highest BCUT2D eigenvalue weighted by molar-refractivity contribution is 6.04. The lowest BCUT2D eigenvalue weighted by Crippen LogP contribution is -2.05. The molecular formula is C23H18O2. The Balaban J connectivity index is 1.81. The predicted molar refractivity (Wildman–Crippen MR) is 104 cm³/mol. The van der Waals surface area contributed by atoms with E-state index in [2.05, 4.69) is 67.2 Å². The molecule has 0 saturated carbocycles. The molecule has 4 rings (SSSR count). The highest BCUT2D eigenvalue weighted by Crippen LogP contribution is 2.28. The van der Waals surface area contributed by atoms with Crippen LogP contribution in [0.15, 0.2) is 78.9 Å². The molecule has 0 aliphatic carbocycles. The second-order valence-corrected chi connectivity index (χ2v) is 6.35. The Hall–Kier alpha value is -3.13. The first-order valence-electron chi connectivity index (χ1n) is 8.25. The maximum Gasteiger partial charge on any atom is 0.333 e. The second-order valence-electron chi connectivity index (χ2n) is 6.35. The first-order valence-corrected chi connectivity index (χ1v) is 8.25. The summed E-state index contributed by atoms with van der Waals surface area (Å²) in [7, 11) is 1.38. The Morgan fingerprint density at radius 1 is 0.800 bits per heavy atom. The van der Waals surface area contributed by atoms with Gasteiger partial charge in [0, 0.05) is 12.0 Å². The van der Waals surface area contributed by atoms with Gasteiger partial charge in [-0.3, -0.25) is 0 Å². The number of hydrogen-bond donors (Lipinski definition) is 0. The van der Waals surface area contributed by atoms with E-state index in [0.29, 0.717) is 12.0 Å².